The highest BCUT2D eigenvalue weighted by atomic mass is 16.5. The smallest absolute Gasteiger partial charge is 0.161 e. The quantitative estimate of drug-likeness (QED) is 0.494. The Kier molecular flexibility index (Phi) is 5.77. The third-order valence-corrected chi connectivity index (χ3v) is 4.83. The summed E-state index contributed by atoms with van der Waals surface area (Å²) in [6.07, 6.45) is 0.0160. The molecule has 0 aliphatic carbocycles. The van der Waals surface area contributed by atoms with Crippen molar-refractivity contribution in [2.45, 2.75) is 19.1 Å². The molecule has 5 heteroatoms. The Morgan fingerprint density at radius 1 is 0.897 bits per heavy atom. The van der Waals surface area contributed by atoms with Gasteiger partial charge in [-0.15, -0.1) is 0 Å². The van der Waals surface area contributed by atoms with Crippen LogP contribution in [0.25, 0.3) is 11.0 Å². The summed E-state index contributed by atoms with van der Waals surface area (Å²) < 4.78 is 13.2. The van der Waals surface area contributed by atoms with E-state index in [4.69, 9.17) is 14.5 Å². The van der Waals surface area contributed by atoms with Gasteiger partial charge >= 0.3 is 0 Å². The highest BCUT2D eigenvalue weighted by Crippen LogP contribution is 2.26. The molecule has 0 aliphatic heterocycles. The fraction of sp³-hybridized carbons (Fsp3) is 0.208. The Morgan fingerprint density at radius 3 is 2.38 bits per heavy atom. The number of nitrogens with zero attached hydrogens (tertiary/aromatic N) is 2. The van der Waals surface area contributed by atoms with Gasteiger partial charge in [-0.05, 0) is 29.8 Å². The second-order valence-electron chi connectivity index (χ2n) is 6.91. The molecule has 3 aromatic carbocycles. The fourth-order valence-corrected chi connectivity index (χ4v) is 3.43. The number of aliphatic hydroxyl groups is 1. The number of ether oxygens (including phenoxy) is 2. The summed E-state index contributed by atoms with van der Waals surface area (Å²) in [7, 11) is 1.60. The molecule has 0 saturated heterocycles. The molecule has 4 aromatic rings. The number of hydrogen-bond acceptors (Lipinski definition) is 4. The number of methoxy groups -OCH3 is 1. The normalized spacial score (nSPS) is 12.1. The summed E-state index contributed by atoms with van der Waals surface area (Å²) in [5, 5.41) is 10.7. The van der Waals surface area contributed by atoms with Crippen molar-refractivity contribution in [2.75, 3.05) is 13.7 Å². The van der Waals surface area contributed by atoms with Crippen molar-refractivity contribution in [2.24, 2.45) is 0 Å². The minimum atomic E-state index is -0.688. The maximum atomic E-state index is 10.7. The summed E-state index contributed by atoms with van der Waals surface area (Å²) in [6, 6.07) is 25.7. The fourth-order valence-electron chi connectivity index (χ4n) is 3.43. The van der Waals surface area contributed by atoms with E-state index in [0.29, 0.717) is 24.5 Å². The Bertz CT molecular complexity index is 1080. The molecule has 1 atom stereocenters. The number of fused-ring (bicyclic) bond motifs is 1. The summed E-state index contributed by atoms with van der Waals surface area (Å²) in [5.74, 6) is 2.19. The molecule has 1 heterocycles. The van der Waals surface area contributed by atoms with Gasteiger partial charge in [-0.1, -0.05) is 54.6 Å². The summed E-state index contributed by atoms with van der Waals surface area (Å²) >= 11 is 0. The number of para-hydroxylation sites is 4. The van der Waals surface area contributed by atoms with E-state index in [-0.39, 0.29) is 6.61 Å². The van der Waals surface area contributed by atoms with Crippen molar-refractivity contribution in [3.05, 3.63) is 90.3 Å². The van der Waals surface area contributed by atoms with Crippen LogP contribution in [0.1, 0.15) is 11.4 Å². The van der Waals surface area contributed by atoms with Gasteiger partial charge in [-0.3, -0.25) is 0 Å². The molecule has 148 valence electrons. The molecule has 29 heavy (non-hydrogen) atoms. The molecule has 0 aliphatic rings. The van der Waals surface area contributed by atoms with Crippen LogP contribution in [0.5, 0.6) is 11.5 Å². The van der Waals surface area contributed by atoms with E-state index < -0.39 is 6.10 Å². The number of benzene rings is 3. The average molecular weight is 388 g/mol. The first-order valence-electron chi connectivity index (χ1n) is 9.66. The molecular formula is C24H24N2O3. The first-order chi connectivity index (χ1) is 14.2. The lowest BCUT2D eigenvalue weighted by Gasteiger charge is -2.17. The van der Waals surface area contributed by atoms with Crippen LogP contribution in [0.4, 0.5) is 0 Å². The zero-order valence-electron chi connectivity index (χ0n) is 16.4. The van der Waals surface area contributed by atoms with Crippen molar-refractivity contribution in [3.63, 3.8) is 0 Å². The van der Waals surface area contributed by atoms with E-state index in [1.807, 2.05) is 66.7 Å². The molecular weight excluding hydrogens is 364 g/mol. The molecule has 0 amide bonds. The number of rotatable bonds is 8. The Labute approximate surface area is 170 Å². The first-order valence-corrected chi connectivity index (χ1v) is 9.66. The molecule has 4 rings (SSSR count). The first kappa shape index (κ1) is 19.0. The predicted octanol–water partition coefficient (Wildman–Crippen LogP) is 4.08. The van der Waals surface area contributed by atoms with Gasteiger partial charge < -0.3 is 19.1 Å². The van der Waals surface area contributed by atoms with Crippen molar-refractivity contribution in [3.8, 4) is 11.5 Å². The SMILES string of the molecule is COc1ccccc1OCC(O)Cn1c(Cc2ccccc2)nc2ccccc21. The second-order valence-corrected chi connectivity index (χ2v) is 6.91. The molecule has 0 fully saturated rings. The summed E-state index contributed by atoms with van der Waals surface area (Å²) in [4.78, 5) is 4.80. The van der Waals surface area contributed by atoms with E-state index in [0.717, 1.165) is 16.9 Å². The molecule has 0 saturated carbocycles. The monoisotopic (exact) mass is 388 g/mol. The molecule has 0 radical (unpaired) electrons. The Balaban J connectivity index is 1.54. The topological polar surface area (TPSA) is 56.5 Å². The van der Waals surface area contributed by atoms with Gasteiger partial charge in [0.25, 0.3) is 0 Å². The van der Waals surface area contributed by atoms with E-state index in [2.05, 4.69) is 16.7 Å². The molecule has 1 N–H and O–H groups in total. The third-order valence-electron chi connectivity index (χ3n) is 4.83. The van der Waals surface area contributed by atoms with Crippen molar-refractivity contribution in [1.29, 1.82) is 0 Å². The second kappa shape index (κ2) is 8.80. The van der Waals surface area contributed by atoms with Gasteiger partial charge in [0, 0.05) is 6.42 Å². The van der Waals surface area contributed by atoms with Gasteiger partial charge in [-0.25, -0.2) is 4.98 Å². The number of imidazole rings is 1. The van der Waals surface area contributed by atoms with Crippen LogP contribution < -0.4 is 9.47 Å². The van der Waals surface area contributed by atoms with Crippen molar-refractivity contribution in [1.82, 2.24) is 9.55 Å². The summed E-state index contributed by atoms with van der Waals surface area (Å²) in [6.45, 7) is 0.565. The lowest BCUT2D eigenvalue weighted by atomic mass is 10.1. The van der Waals surface area contributed by atoms with E-state index in [1.165, 1.54) is 5.56 Å². The largest absolute Gasteiger partial charge is 0.493 e. The minimum absolute atomic E-state index is 0.164. The van der Waals surface area contributed by atoms with E-state index in [1.54, 1.807) is 7.11 Å². The van der Waals surface area contributed by atoms with Crippen molar-refractivity contribution >= 4 is 11.0 Å². The highest BCUT2D eigenvalue weighted by molar-refractivity contribution is 5.76. The molecule has 1 unspecified atom stereocenters. The van der Waals surface area contributed by atoms with Gasteiger partial charge in [-0.2, -0.15) is 0 Å². The van der Waals surface area contributed by atoms with Crippen LogP contribution in [-0.2, 0) is 13.0 Å². The van der Waals surface area contributed by atoms with Crippen LogP contribution in [0.15, 0.2) is 78.9 Å². The third kappa shape index (κ3) is 4.41. The maximum absolute atomic E-state index is 10.7. The van der Waals surface area contributed by atoms with Gasteiger partial charge in [0.05, 0.1) is 24.7 Å². The Morgan fingerprint density at radius 2 is 1.59 bits per heavy atom. The average Bonchev–Trinajstić information content (AvgIpc) is 3.10. The predicted molar refractivity (Wildman–Crippen MR) is 113 cm³/mol. The van der Waals surface area contributed by atoms with Gasteiger partial charge in [0.2, 0.25) is 0 Å². The molecule has 0 bridgehead atoms. The van der Waals surface area contributed by atoms with Crippen LogP contribution >= 0.6 is 0 Å². The highest BCUT2D eigenvalue weighted by Gasteiger charge is 2.16. The number of hydrogen-bond donors (Lipinski definition) is 1. The van der Waals surface area contributed by atoms with Crippen LogP contribution in [0.3, 0.4) is 0 Å². The van der Waals surface area contributed by atoms with Crippen LogP contribution in [0.2, 0.25) is 0 Å². The molecule has 5 nitrogen and oxygen atoms in total. The maximum Gasteiger partial charge on any atom is 0.161 e. The zero-order chi connectivity index (χ0) is 20.1. The summed E-state index contributed by atoms with van der Waals surface area (Å²) in [5.41, 5.74) is 3.12. The van der Waals surface area contributed by atoms with Crippen molar-refractivity contribution < 1.29 is 14.6 Å². The number of aliphatic hydroxyl groups excluding tert-OH is 1. The van der Waals surface area contributed by atoms with Gasteiger partial charge in [0.15, 0.2) is 11.5 Å². The standard InChI is InChI=1S/C24H24N2O3/c1-28-22-13-7-8-14-23(22)29-17-19(27)16-26-21-12-6-5-11-20(21)25-24(26)15-18-9-3-2-4-10-18/h2-14,19,27H,15-17H2,1H3. The zero-order valence-corrected chi connectivity index (χ0v) is 16.4. The Hall–Kier alpha value is -3.31. The molecule has 1 aromatic heterocycles. The minimum Gasteiger partial charge on any atom is -0.493 e. The lowest BCUT2D eigenvalue weighted by Crippen LogP contribution is -2.24. The van der Waals surface area contributed by atoms with Gasteiger partial charge in [0.1, 0.15) is 18.5 Å². The number of aromatic nitrogens is 2. The van der Waals surface area contributed by atoms with Crippen LogP contribution in [-0.4, -0.2) is 34.5 Å². The lowest BCUT2D eigenvalue weighted by molar-refractivity contribution is 0.0913. The van der Waals surface area contributed by atoms with Crippen LogP contribution in [0, 0.1) is 0 Å². The van der Waals surface area contributed by atoms with E-state index in [9.17, 15) is 5.11 Å². The van der Waals surface area contributed by atoms with E-state index >= 15 is 0 Å². The molecule has 0 spiro atoms.